The van der Waals surface area contributed by atoms with Crippen LogP contribution in [0.5, 0.6) is 0 Å². The summed E-state index contributed by atoms with van der Waals surface area (Å²) in [6.45, 7) is 12.9. The van der Waals surface area contributed by atoms with E-state index in [1.165, 1.54) is 0 Å². The summed E-state index contributed by atoms with van der Waals surface area (Å²) in [6, 6.07) is 15.0. The number of carbonyl (C=O) groups excluding carboxylic acids is 5. The highest BCUT2D eigenvalue weighted by molar-refractivity contribution is 6.07. The number of benzene rings is 2. The van der Waals surface area contributed by atoms with Crippen LogP contribution in [0.15, 0.2) is 48.5 Å². The maximum Gasteiger partial charge on any atom is 0.313 e. The highest BCUT2D eigenvalue weighted by Gasteiger charge is 2.30. The zero-order valence-corrected chi connectivity index (χ0v) is 30.3. The zero-order chi connectivity index (χ0) is 36.5. The molecule has 0 bridgehead atoms. The number of anilines is 1. The topological polar surface area (TPSA) is 141 Å². The van der Waals surface area contributed by atoms with Crippen LogP contribution >= 0.6 is 0 Å². The van der Waals surface area contributed by atoms with Crippen molar-refractivity contribution in [3.63, 3.8) is 0 Å². The Hall–Kier alpha value is -4.67. The minimum atomic E-state index is -0.633. The van der Waals surface area contributed by atoms with Crippen LogP contribution in [-0.4, -0.2) is 57.5 Å². The quantitative estimate of drug-likeness (QED) is 0.109. The number of ether oxygens (including phenoxy) is 1. The number of hydrogen-bond acceptors (Lipinski definition) is 8. The van der Waals surface area contributed by atoms with Crippen LogP contribution in [0.2, 0.25) is 0 Å². The van der Waals surface area contributed by atoms with Gasteiger partial charge in [-0.05, 0) is 48.1 Å². The van der Waals surface area contributed by atoms with Gasteiger partial charge in [0.05, 0.1) is 24.5 Å². The smallest absolute Gasteiger partial charge is 0.313 e. The van der Waals surface area contributed by atoms with Crippen LogP contribution in [0.25, 0.3) is 22.5 Å². The molecule has 3 aromatic rings. The Labute approximate surface area is 295 Å². The Kier molecular flexibility index (Phi) is 12.8. The molecule has 1 aliphatic rings. The van der Waals surface area contributed by atoms with Crippen LogP contribution in [-0.2, 0) is 41.8 Å². The first-order chi connectivity index (χ1) is 23.6. The van der Waals surface area contributed by atoms with Crippen molar-refractivity contribution in [2.45, 2.75) is 106 Å². The lowest BCUT2D eigenvalue weighted by atomic mass is 9.89. The molecule has 0 saturated carbocycles. The number of nitrogens with zero attached hydrogens (tertiary/aromatic N) is 4. The Balaban J connectivity index is 1.42. The van der Waals surface area contributed by atoms with E-state index in [0.717, 1.165) is 30.4 Å². The monoisotopic (exact) mass is 685 g/mol. The summed E-state index contributed by atoms with van der Waals surface area (Å²) in [6.07, 6.45) is 3.33. The predicted octanol–water partition coefficient (Wildman–Crippen LogP) is 6.47. The first kappa shape index (κ1) is 38.1. The predicted molar refractivity (Wildman–Crippen MR) is 192 cm³/mol. The fraction of sp³-hybridized carbons (Fsp3) is 0.513. The van der Waals surface area contributed by atoms with Gasteiger partial charge in [-0.15, -0.1) is 5.10 Å². The van der Waals surface area contributed by atoms with Crippen molar-refractivity contribution in [1.29, 1.82) is 0 Å². The molecular formula is C39H51N5O6. The lowest BCUT2D eigenvalue weighted by Crippen LogP contribution is -2.37. The largest absolute Gasteiger partial charge is 0.463 e. The number of esters is 1. The van der Waals surface area contributed by atoms with E-state index in [4.69, 9.17) is 4.74 Å². The first-order valence-corrected chi connectivity index (χ1v) is 17.5. The Morgan fingerprint density at radius 2 is 1.42 bits per heavy atom. The summed E-state index contributed by atoms with van der Waals surface area (Å²) in [5, 5.41) is 11.6. The molecule has 2 aromatic carbocycles. The second-order valence-corrected chi connectivity index (χ2v) is 15.4. The first-order valence-electron chi connectivity index (χ1n) is 17.5. The molecule has 2 heterocycles. The average Bonchev–Trinajstić information content (AvgIpc) is 3.42. The summed E-state index contributed by atoms with van der Waals surface area (Å²) in [5.41, 5.74) is 4.39. The zero-order valence-electron chi connectivity index (χ0n) is 30.3. The van der Waals surface area contributed by atoms with Gasteiger partial charge in [0, 0.05) is 24.0 Å². The maximum atomic E-state index is 13.8. The van der Waals surface area contributed by atoms with E-state index in [-0.39, 0.29) is 55.1 Å². The second kappa shape index (κ2) is 16.8. The molecule has 0 atom stereocenters. The number of ketones is 2. The summed E-state index contributed by atoms with van der Waals surface area (Å²) in [4.78, 5) is 65.6. The Morgan fingerprint density at radius 1 is 0.800 bits per heavy atom. The van der Waals surface area contributed by atoms with Crippen LogP contribution < -0.4 is 10.2 Å². The number of para-hydroxylation sites is 1. The molecule has 268 valence electrons. The Morgan fingerprint density at radius 3 is 2.10 bits per heavy atom. The second-order valence-electron chi connectivity index (χ2n) is 15.4. The van der Waals surface area contributed by atoms with Crippen LogP contribution in [0.4, 0.5) is 5.69 Å². The summed E-state index contributed by atoms with van der Waals surface area (Å²) >= 11 is 0. The van der Waals surface area contributed by atoms with Crippen molar-refractivity contribution in [2.75, 3.05) is 18.1 Å². The third-order valence-corrected chi connectivity index (χ3v) is 8.52. The number of Topliss-reactive ketones (excluding diaryl/α,β-unsaturated/α-hetero) is 2. The fourth-order valence-corrected chi connectivity index (χ4v) is 5.98. The van der Waals surface area contributed by atoms with Crippen molar-refractivity contribution in [3.8, 4) is 22.5 Å². The van der Waals surface area contributed by atoms with Crippen LogP contribution in [0.1, 0.15) is 98.5 Å². The molecule has 1 aliphatic heterocycles. The number of carbonyl (C=O) groups is 5. The molecule has 0 fully saturated rings. The van der Waals surface area contributed by atoms with E-state index < -0.39 is 24.2 Å². The minimum absolute atomic E-state index is 0.00742. The van der Waals surface area contributed by atoms with Gasteiger partial charge in [-0.3, -0.25) is 24.0 Å². The number of amides is 2. The van der Waals surface area contributed by atoms with Crippen LogP contribution in [0, 0.1) is 10.8 Å². The van der Waals surface area contributed by atoms with Crippen molar-refractivity contribution in [2.24, 2.45) is 10.8 Å². The molecule has 11 heteroatoms. The number of aromatic nitrogens is 3. The van der Waals surface area contributed by atoms with E-state index in [9.17, 15) is 24.0 Å². The fourth-order valence-electron chi connectivity index (χ4n) is 5.98. The van der Waals surface area contributed by atoms with E-state index in [2.05, 4.69) is 57.2 Å². The SMILES string of the molecule is CC(C)(C)CCCC(=O)CC(=O)OCCNC(=O)CC(=O)N1Cc2ccccc2-c2nnn(CC(=O)CCCC(C)(C)C)c2-c2ccccc21. The minimum Gasteiger partial charge on any atom is -0.463 e. The van der Waals surface area contributed by atoms with Crippen LogP contribution in [0.3, 0.4) is 0 Å². The van der Waals surface area contributed by atoms with Crippen molar-refractivity contribution < 1.29 is 28.7 Å². The highest BCUT2D eigenvalue weighted by Crippen LogP contribution is 2.41. The van der Waals surface area contributed by atoms with Crippen molar-refractivity contribution >= 4 is 35.0 Å². The van der Waals surface area contributed by atoms with Gasteiger partial charge in [-0.1, -0.05) is 89.2 Å². The molecular weight excluding hydrogens is 634 g/mol. The van der Waals surface area contributed by atoms with E-state index in [1.807, 2.05) is 48.5 Å². The van der Waals surface area contributed by atoms with Gasteiger partial charge in [0.2, 0.25) is 11.8 Å². The maximum absolute atomic E-state index is 13.8. The van der Waals surface area contributed by atoms with Crippen molar-refractivity contribution in [1.82, 2.24) is 20.3 Å². The number of rotatable bonds is 15. The number of hydrogen-bond donors (Lipinski definition) is 1. The molecule has 1 N–H and O–H groups in total. The summed E-state index contributed by atoms with van der Waals surface area (Å²) < 4.78 is 6.76. The molecule has 0 radical (unpaired) electrons. The molecule has 0 spiro atoms. The average molecular weight is 686 g/mol. The van der Waals surface area contributed by atoms with Gasteiger partial charge >= 0.3 is 5.97 Å². The number of fused-ring (bicyclic) bond motifs is 5. The third-order valence-electron chi connectivity index (χ3n) is 8.52. The third kappa shape index (κ3) is 11.2. The van der Waals surface area contributed by atoms with Gasteiger partial charge in [-0.25, -0.2) is 4.68 Å². The van der Waals surface area contributed by atoms with Gasteiger partial charge < -0.3 is 15.0 Å². The summed E-state index contributed by atoms with van der Waals surface area (Å²) in [7, 11) is 0. The normalized spacial score (nSPS) is 12.6. The molecule has 2 amide bonds. The van der Waals surface area contributed by atoms with E-state index in [0.29, 0.717) is 41.9 Å². The highest BCUT2D eigenvalue weighted by atomic mass is 16.5. The van der Waals surface area contributed by atoms with Gasteiger partial charge in [0.1, 0.15) is 37.5 Å². The molecule has 1 aromatic heterocycles. The van der Waals surface area contributed by atoms with Gasteiger partial charge in [0.15, 0.2) is 5.78 Å². The molecule has 0 aliphatic carbocycles. The van der Waals surface area contributed by atoms with Crippen molar-refractivity contribution in [3.05, 3.63) is 54.1 Å². The molecule has 4 rings (SSSR count). The van der Waals surface area contributed by atoms with E-state index in [1.54, 1.807) is 9.58 Å². The molecule has 11 nitrogen and oxygen atoms in total. The van der Waals surface area contributed by atoms with Gasteiger partial charge in [0.25, 0.3) is 0 Å². The molecule has 0 unspecified atom stereocenters. The Bertz CT molecular complexity index is 1700. The lowest BCUT2D eigenvalue weighted by Gasteiger charge is -2.28. The molecule has 0 saturated heterocycles. The standard InChI is InChI=1S/C39H51N5O6/c1-38(2,3)19-11-14-28(45)23-35(49)50-22-21-40-33(47)24-34(48)43-25-27-13-7-8-16-30(27)36-37(31-17-9-10-18-32(31)43)44(42-41-36)26-29(46)15-12-20-39(4,5)6/h7-10,13,16-18H,11-12,14-15,19-26H2,1-6H3,(H,40,47). The summed E-state index contributed by atoms with van der Waals surface area (Å²) in [5.74, 6) is -1.70. The number of nitrogens with one attached hydrogen (secondary N) is 1. The van der Waals surface area contributed by atoms with E-state index >= 15 is 0 Å². The van der Waals surface area contributed by atoms with Gasteiger partial charge in [-0.2, -0.15) is 0 Å². The lowest BCUT2D eigenvalue weighted by molar-refractivity contribution is -0.146. The molecule has 50 heavy (non-hydrogen) atoms.